The zero-order valence-corrected chi connectivity index (χ0v) is 30.3. The molecule has 0 aliphatic heterocycles. The number of thiophene rings is 2. The molecule has 0 saturated carbocycles. The SMILES string of the molecule is O=C(/C=C/C(=O)OCCNCC[C@@H](Oc1cc(Cl)ccc1Cl)c1cccs1)OCCNCC[C@@H](Oc1cc(Cl)ccc1Cl)c1cccs1. The average molecular weight is 773 g/mol. The van der Waals surface area contributed by atoms with Crippen molar-refractivity contribution in [3.05, 3.63) is 113 Å². The summed E-state index contributed by atoms with van der Waals surface area (Å²) in [5, 5.41) is 12.5. The molecule has 4 aromatic rings. The van der Waals surface area contributed by atoms with Crippen LogP contribution in [0.4, 0.5) is 0 Å². The Morgan fingerprint density at radius 1 is 0.646 bits per heavy atom. The number of nitrogens with one attached hydrogen (secondary N) is 2. The highest BCUT2D eigenvalue weighted by Gasteiger charge is 2.18. The van der Waals surface area contributed by atoms with E-state index in [-0.39, 0.29) is 25.4 Å². The molecule has 0 radical (unpaired) electrons. The smallest absolute Gasteiger partial charge is 0.331 e. The number of ether oxygens (including phenoxy) is 4. The minimum absolute atomic E-state index is 0.131. The molecule has 0 unspecified atom stereocenters. The Labute approximate surface area is 307 Å². The minimum Gasteiger partial charge on any atom is -0.483 e. The van der Waals surface area contributed by atoms with Crippen LogP contribution in [-0.4, -0.2) is 51.3 Å². The second-order valence-electron chi connectivity index (χ2n) is 10.1. The van der Waals surface area contributed by atoms with Gasteiger partial charge in [0.15, 0.2) is 0 Å². The minimum atomic E-state index is -0.637. The van der Waals surface area contributed by atoms with Gasteiger partial charge in [-0.25, -0.2) is 9.59 Å². The number of carbonyl (C=O) groups excluding carboxylic acids is 2. The molecule has 2 atom stereocenters. The zero-order chi connectivity index (χ0) is 34.1. The lowest BCUT2D eigenvalue weighted by Gasteiger charge is -2.19. The highest BCUT2D eigenvalue weighted by Crippen LogP contribution is 2.35. The summed E-state index contributed by atoms with van der Waals surface area (Å²) in [5.74, 6) is -0.241. The van der Waals surface area contributed by atoms with Gasteiger partial charge in [0.05, 0.1) is 10.0 Å². The molecule has 0 amide bonds. The van der Waals surface area contributed by atoms with E-state index in [1.807, 2.05) is 35.0 Å². The van der Waals surface area contributed by atoms with Crippen LogP contribution in [-0.2, 0) is 19.1 Å². The Morgan fingerprint density at radius 2 is 1.08 bits per heavy atom. The third-order valence-corrected chi connectivity index (χ3v) is 9.64. The Bertz CT molecular complexity index is 1490. The molecule has 256 valence electrons. The number of rotatable bonds is 20. The molecule has 2 aromatic heterocycles. The summed E-state index contributed by atoms with van der Waals surface area (Å²) in [6.45, 7) is 2.32. The van der Waals surface area contributed by atoms with Gasteiger partial charge >= 0.3 is 11.9 Å². The van der Waals surface area contributed by atoms with Crippen molar-refractivity contribution >= 4 is 81.0 Å². The van der Waals surface area contributed by atoms with Crippen LogP contribution in [0.25, 0.3) is 0 Å². The van der Waals surface area contributed by atoms with Crippen molar-refractivity contribution in [2.75, 3.05) is 39.4 Å². The monoisotopic (exact) mass is 770 g/mol. The fraction of sp³-hybridized carbons (Fsp3) is 0.294. The predicted molar refractivity (Wildman–Crippen MR) is 194 cm³/mol. The Kier molecular flexibility index (Phi) is 16.4. The number of hydrogen-bond acceptors (Lipinski definition) is 10. The van der Waals surface area contributed by atoms with E-state index in [2.05, 4.69) is 10.6 Å². The fourth-order valence-electron chi connectivity index (χ4n) is 4.31. The molecule has 0 fully saturated rings. The van der Waals surface area contributed by atoms with E-state index >= 15 is 0 Å². The standard InChI is InChI=1S/C34H34Cl4N2O6S2/c35-23-5-7-25(37)29(21-23)45-27(31-3-1-19-47-31)11-13-39-15-17-43-33(41)9-10-34(42)44-18-16-40-14-12-28(32-4-2-20-48-32)46-30-22-24(36)6-8-26(30)38/h1-10,19-22,27-28,39-40H,11-18H2/b10-9+/t27-,28-/m1/s1. The molecule has 2 heterocycles. The van der Waals surface area contributed by atoms with E-state index in [1.54, 1.807) is 59.1 Å². The molecule has 4 rings (SSSR count). The normalized spacial score (nSPS) is 12.5. The molecular weight excluding hydrogens is 738 g/mol. The molecule has 0 aliphatic carbocycles. The lowest BCUT2D eigenvalue weighted by molar-refractivity contribution is -0.140. The van der Waals surface area contributed by atoms with E-state index in [9.17, 15) is 9.59 Å². The maximum absolute atomic E-state index is 12.0. The number of esters is 2. The van der Waals surface area contributed by atoms with Crippen LogP contribution in [0.3, 0.4) is 0 Å². The summed E-state index contributed by atoms with van der Waals surface area (Å²) in [7, 11) is 0. The number of carbonyl (C=O) groups is 2. The molecule has 48 heavy (non-hydrogen) atoms. The topological polar surface area (TPSA) is 95.1 Å². The van der Waals surface area contributed by atoms with Crippen molar-refractivity contribution in [1.82, 2.24) is 10.6 Å². The van der Waals surface area contributed by atoms with Crippen LogP contribution in [0.5, 0.6) is 11.5 Å². The molecule has 0 aliphatic rings. The summed E-state index contributed by atoms with van der Waals surface area (Å²) in [4.78, 5) is 26.2. The Morgan fingerprint density at radius 3 is 1.48 bits per heavy atom. The first kappa shape index (κ1) is 38.0. The molecular formula is C34H34Cl4N2O6S2. The second-order valence-corrected chi connectivity index (χ2v) is 13.8. The van der Waals surface area contributed by atoms with E-state index in [4.69, 9.17) is 65.4 Å². The van der Waals surface area contributed by atoms with Gasteiger partial charge in [-0.15, -0.1) is 22.7 Å². The Balaban J connectivity index is 1.07. The number of hydrogen-bond donors (Lipinski definition) is 2. The van der Waals surface area contributed by atoms with Crippen molar-refractivity contribution in [2.24, 2.45) is 0 Å². The second kappa shape index (κ2) is 20.7. The van der Waals surface area contributed by atoms with Crippen LogP contribution >= 0.6 is 69.1 Å². The molecule has 0 bridgehead atoms. The molecule has 2 aromatic carbocycles. The average Bonchev–Trinajstić information content (AvgIpc) is 3.81. The predicted octanol–water partition coefficient (Wildman–Crippen LogP) is 8.97. The Hall–Kier alpha value is -2.80. The number of benzene rings is 2. The molecule has 0 spiro atoms. The summed E-state index contributed by atoms with van der Waals surface area (Å²) in [6, 6.07) is 18.1. The summed E-state index contributed by atoms with van der Waals surface area (Å²) in [5.41, 5.74) is 0. The van der Waals surface area contributed by atoms with Crippen molar-refractivity contribution in [3.63, 3.8) is 0 Å². The van der Waals surface area contributed by atoms with Gasteiger partial charge in [-0.2, -0.15) is 0 Å². The highest BCUT2D eigenvalue weighted by atomic mass is 35.5. The van der Waals surface area contributed by atoms with Crippen LogP contribution in [0.2, 0.25) is 20.1 Å². The summed E-state index contributed by atoms with van der Waals surface area (Å²) >= 11 is 28.0. The van der Waals surface area contributed by atoms with Crippen LogP contribution < -0.4 is 20.1 Å². The van der Waals surface area contributed by atoms with Crippen molar-refractivity contribution in [3.8, 4) is 11.5 Å². The lowest BCUT2D eigenvalue weighted by atomic mass is 10.2. The van der Waals surface area contributed by atoms with E-state index in [0.29, 0.717) is 70.6 Å². The van der Waals surface area contributed by atoms with Gasteiger partial charge in [0.1, 0.15) is 36.9 Å². The molecule has 8 nitrogen and oxygen atoms in total. The van der Waals surface area contributed by atoms with E-state index in [0.717, 1.165) is 21.9 Å². The number of halogens is 4. The van der Waals surface area contributed by atoms with Crippen molar-refractivity contribution in [2.45, 2.75) is 25.0 Å². The quantitative estimate of drug-likeness (QED) is 0.0523. The highest BCUT2D eigenvalue weighted by molar-refractivity contribution is 7.10. The van der Waals surface area contributed by atoms with Gasteiger partial charge in [-0.3, -0.25) is 0 Å². The summed E-state index contributed by atoms with van der Waals surface area (Å²) in [6.07, 6.45) is 2.95. The lowest BCUT2D eigenvalue weighted by Crippen LogP contribution is -2.24. The molecule has 2 N–H and O–H groups in total. The first-order valence-corrected chi connectivity index (χ1v) is 18.3. The first-order valence-electron chi connectivity index (χ1n) is 15.0. The molecule has 0 saturated heterocycles. The zero-order valence-electron chi connectivity index (χ0n) is 25.7. The van der Waals surface area contributed by atoms with Gasteiger partial charge in [-0.1, -0.05) is 58.5 Å². The van der Waals surface area contributed by atoms with Gasteiger partial charge in [0, 0.05) is 70.0 Å². The third-order valence-electron chi connectivity index (χ3n) is 6.61. The van der Waals surface area contributed by atoms with Gasteiger partial charge in [0.25, 0.3) is 0 Å². The van der Waals surface area contributed by atoms with Gasteiger partial charge in [0.2, 0.25) is 0 Å². The first-order chi connectivity index (χ1) is 23.3. The third kappa shape index (κ3) is 13.2. The molecule has 14 heteroatoms. The largest absolute Gasteiger partial charge is 0.483 e. The maximum Gasteiger partial charge on any atom is 0.331 e. The van der Waals surface area contributed by atoms with Crippen molar-refractivity contribution in [1.29, 1.82) is 0 Å². The maximum atomic E-state index is 12.0. The van der Waals surface area contributed by atoms with Gasteiger partial charge < -0.3 is 29.6 Å². The van der Waals surface area contributed by atoms with Crippen molar-refractivity contribution < 1.29 is 28.5 Å². The van der Waals surface area contributed by atoms with Crippen LogP contribution in [0.1, 0.15) is 34.8 Å². The van der Waals surface area contributed by atoms with E-state index in [1.165, 1.54) is 0 Å². The van der Waals surface area contributed by atoms with Gasteiger partial charge in [-0.05, 0) is 60.2 Å². The fourth-order valence-corrected chi connectivity index (χ4v) is 6.53. The van der Waals surface area contributed by atoms with Crippen LogP contribution in [0.15, 0.2) is 83.6 Å². The van der Waals surface area contributed by atoms with Crippen LogP contribution in [0, 0.1) is 0 Å². The van der Waals surface area contributed by atoms with E-state index < -0.39 is 11.9 Å². The summed E-state index contributed by atoms with van der Waals surface area (Å²) < 4.78 is 22.7.